The first-order chi connectivity index (χ1) is 10.0. The van der Waals surface area contributed by atoms with Crippen LogP contribution in [0.4, 0.5) is 0 Å². The van der Waals surface area contributed by atoms with Gasteiger partial charge < -0.3 is 0 Å². The fraction of sp³-hybridized carbons (Fsp3) is 0.0667. The molecule has 21 heavy (non-hydrogen) atoms. The second-order valence-corrected chi connectivity index (χ2v) is 6.55. The smallest absolute Gasteiger partial charge is 0.264 e. The summed E-state index contributed by atoms with van der Waals surface area (Å²) in [6, 6.07) is 9.66. The molecule has 0 unspecified atom stereocenters. The third kappa shape index (κ3) is 2.13. The largest absolute Gasteiger partial charge is 0.287 e. The summed E-state index contributed by atoms with van der Waals surface area (Å²) in [5.74, 6) is -0.306. The fourth-order valence-corrected chi connectivity index (χ4v) is 3.59. The zero-order chi connectivity index (χ0) is 15.0. The summed E-state index contributed by atoms with van der Waals surface area (Å²) < 4.78 is 26.0. The Hall–Kier alpha value is -2.47. The van der Waals surface area contributed by atoms with E-state index in [4.69, 9.17) is 0 Å². The molecule has 0 radical (unpaired) electrons. The Morgan fingerprint density at radius 1 is 1.10 bits per heavy atom. The van der Waals surface area contributed by atoms with Gasteiger partial charge in [0.25, 0.3) is 10.0 Å². The third-order valence-corrected chi connectivity index (χ3v) is 5.18. The number of allylic oxidation sites excluding steroid dienone is 1. The second-order valence-electron chi connectivity index (χ2n) is 4.61. The molecule has 5 nitrogen and oxygen atoms in total. The van der Waals surface area contributed by atoms with E-state index in [2.05, 4.69) is 4.98 Å². The predicted octanol–water partition coefficient (Wildman–Crippen LogP) is 1.94. The lowest BCUT2D eigenvalue weighted by molar-refractivity contribution is 0.101. The minimum Gasteiger partial charge on any atom is -0.287 e. The van der Waals surface area contributed by atoms with Gasteiger partial charge in [-0.2, -0.15) is 0 Å². The Kier molecular flexibility index (Phi) is 3.10. The minimum absolute atomic E-state index is 0.0457. The maximum atomic E-state index is 12.5. The first-order valence-electron chi connectivity index (χ1n) is 6.26. The number of ketones is 1. The summed E-state index contributed by atoms with van der Waals surface area (Å²) in [7, 11) is -2.31. The summed E-state index contributed by atoms with van der Waals surface area (Å²) in [5, 5.41) is 0. The van der Waals surface area contributed by atoms with Crippen LogP contribution in [0.3, 0.4) is 0 Å². The molecule has 0 aliphatic carbocycles. The molecule has 2 heterocycles. The number of nitrogens with zero attached hydrogens (tertiary/aromatic N) is 2. The van der Waals surface area contributed by atoms with Crippen LogP contribution >= 0.6 is 0 Å². The van der Waals surface area contributed by atoms with Gasteiger partial charge in [-0.15, -0.1) is 0 Å². The number of pyridine rings is 1. The summed E-state index contributed by atoms with van der Waals surface area (Å²) in [6.45, 7) is 0. The molecule has 106 valence electrons. The first kappa shape index (κ1) is 13.5. The average Bonchev–Trinajstić information content (AvgIpc) is 2.51. The number of carbonyl (C=O) groups is 1. The monoisotopic (exact) mass is 300 g/mol. The van der Waals surface area contributed by atoms with E-state index in [1.807, 2.05) is 0 Å². The molecule has 1 aromatic heterocycles. The van der Waals surface area contributed by atoms with Gasteiger partial charge in [0.15, 0.2) is 0 Å². The molecule has 0 saturated carbocycles. The predicted molar refractivity (Wildman–Crippen MR) is 77.9 cm³/mol. The van der Waals surface area contributed by atoms with Crippen LogP contribution in [0.25, 0.3) is 6.08 Å². The Morgan fingerprint density at radius 3 is 2.48 bits per heavy atom. The van der Waals surface area contributed by atoms with E-state index in [1.54, 1.807) is 42.7 Å². The molecule has 0 bridgehead atoms. The van der Waals surface area contributed by atoms with Crippen molar-refractivity contribution in [3.63, 3.8) is 0 Å². The van der Waals surface area contributed by atoms with E-state index in [0.29, 0.717) is 0 Å². The van der Waals surface area contributed by atoms with Crippen LogP contribution in [-0.2, 0) is 10.0 Å². The van der Waals surface area contributed by atoms with Crippen molar-refractivity contribution in [2.75, 3.05) is 7.05 Å². The molecule has 0 atom stereocenters. The number of sulfonamides is 1. The van der Waals surface area contributed by atoms with Crippen molar-refractivity contribution in [2.45, 2.75) is 4.90 Å². The quantitative estimate of drug-likeness (QED) is 0.755. The van der Waals surface area contributed by atoms with Crippen LogP contribution in [0.2, 0.25) is 0 Å². The zero-order valence-corrected chi connectivity index (χ0v) is 12.0. The zero-order valence-electron chi connectivity index (χ0n) is 11.2. The topological polar surface area (TPSA) is 67.3 Å². The van der Waals surface area contributed by atoms with E-state index < -0.39 is 10.0 Å². The lowest BCUT2D eigenvalue weighted by atomic mass is 10.1. The molecule has 0 spiro atoms. The SMILES string of the molecule is CN1/C(=C\c2ccncc2)C(=O)c2ccccc2S1(=O)=O. The highest BCUT2D eigenvalue weighted by Crippen LogP contribution is 2.31. The molecule has 0 N–H and O–H groups in total. The average molecular weight is 300 g/mol. The molecular weight excluding hydrogens is 288 g/mol. The molecule has 6 heteroatoms. The van der Waals surface area contributed by atoms with Crippen LogP contribution in [0.1, 0.15) is 15.9 Å². The lowest BCUT2D eigenvalue weighted by Crippen LogP contribution is -2.36. The number of Topliss-reactive ketones (excluding diaryl/α,β-unsaturated/α-hetero) is 1. The van der Waals surface area contributed by atoms with Gasteiger partial charge in [0.1, 0.15) is 5.70 Å². The van der Waals surface area contributed by atoms with Crippen LogP contribution in [0, 0.1) is 0 Å². The van der Waals surface area contributed by atoms with Gasteiger partial charge in [-0.25, -0.2) is 8.42 Å². The summed E-state index contributed by atoms with van der Waals surface area (Å²) in [4.78, 5) is 16.5. The number of benzene rings is 1. The highest BCUT2D eigenvalue weighted by atomic mass is 32.2. The number of hydrogen-bond acceptors (Lipinski definition) is 4. The number of likely N-dealkylation sites (N-methyl/N-ethyl adjacent to an activating group) is 1. The van der Waals surface area contributed by atoms with Crippen molar-refractivity contribution in [3.8, 4) is 0 Å². The molecule has 0 fully saturated rings. The van der Waals surface area contributed by atoms with Crippen LogP contribution in [-0.4, -0.2) is 30.5 Å². The Morgan fingerprint density at radius 2 is 1.76 bits per heavy atom. The van der Waals surface area contributed by atoms with Crippen molar-refractivity contribution in [1.29, 1.82) is 0 Å². The van der Waals surface area contributed by atoms with Crippen LogP contribution < -0.4 is 0 Å². The van der Waals surface area contributed by atoms with E-state index in [-0.39, 0.29) is 21.9 Å². The van der Waals surface area contributed by atoms with Gasteiger partial charge in [0.2, 0.25) is 5.78 Å². The molecule has 0 saturated heterocycles. The van der Waals surface area contributed by atoms with E-state index in [0.717, 1.165) is 9.87 Å². The van der Waals surface area contributed by atoms with Gasteiger partial charge in [-0.1, -0.05) is 12.1 Å². The number of carbonyl (C=O) groups excluding carboxylic acids is 1. The van der Waals surface area contributed by atoms with Crippen LogP contribution in [0.15, 0.2) is 59.4 Å². The van der Waals surface area contributed by atoms with E-state index in [9.17, 15) is 13.2 Å². The van der Waals surface area contributed by atoms with Gasteiger partial charge in [-0.05, 0) is 35.9 Å². The van der Waals surface area contributed by atoms with Crippen molar-refractivity contribution in [1.82, 2.24) is 9.29 Å². The number of aromatic nitrogens is 1. The van der Waals surface area contributed by atoms with Gasteiger partial charge >= 0.3 is 0 Å². The van der Waals surface area contributed by atoms with Crippen molar-refractivity contribution < 1.29 is 13.2 Å². The highest BCUT2D eigenvalue weighted by molar-refractivity contribution is 7.89. The normalized spacial score (nSPS) is 18.6. The number of fused-ring (bicyclic) bond motifs is 1. The lowest BCUT2D eigenvalue weighted by Gasteiger charge is -2.27. The third-order valence-electron chi connectivity index (χ3n) is 3.35. The minimum atomic E-state index is -3.69. The Labute approximate surface area is 122 Å². The van der Waals surface area contributed by atoms with Crippen molar-refractivity contribution in [3.05, 3.63) is 65.6 Å². The molecule has 2 aromatic rings. The van der Waals surface area contributed by atoms with Gasteiger partial charge in [0, 0.05) is 25.0 Å². The molecule has 0 amide bonds. The maximum Gasteiger partial charge on any atom is 0.264 e. The molecule has 3 rings (SSSR count). The summed E-state index contributed by atoms with van der Waals surface area (Å²) in [5.41, 5.74) is 1.05. The fourth-order valence-electron chi connectivity index (χ4n) is 2.21. The van der Waals surface area contributed by atoms with Crippen molar-refractivity contribution in [2.24, 2.45) is 0 Å². The second kappa shape index (κ2) is 4.82. The first-order valence-corrected chi connectivity index (χ1v) is 7.70. The molecular formula is C15H12N2O3S. The number of rotatable bonds is 1. The number of hydrogen-bond donors (Lipinski definition) is 0. The summed E-state index contributed by atoms with van der Waals surface area (Å²) >= 11 is 0. The molecule has 1 aromatic carbocycles. The molecule has 1 aliphatic heterocycles. The van der Waals surface area contributed by atoms with Gasteiger partial charge in [0.05, 0.1) is 4.90 Å². The molecule has 1 aliphatic rings. The maximum absolute atomic E-state index is 12.5. The highest BCUT2D eigenvalue weighted by Gasteiger charge is 2.36. The van der Waals surface area contributed by atoms with Crippen LogP contribution in [0.5, 0.6) is 0 Å². The van der Waals surface area contributed by atoms with E-state index >= 15 is 0 Å². The van der Waals surface area contributed by atoms with E-state index in [1.165, 1.54) is 19.2 Å². The van der Waals surface area contributed by atoms with Crippen molar-refractivity contribution >= 4 is 21.9 Å². The van der Waals surface area contributed by atoms with Gasteiger partial charge in [-0.3, -0.25) is 14.1 Å². The Bertz CT molecular complexity index is 842. The Balaban J connectivity index is 2.22. The summed E-state index contributed by atoms with van der Waals surface area (Å²) in [6.07, 6.45) is 4.72. The standard InChI is InChI=1S/C15H12N2O3S/c1-17-13(10-11-6-8-16-9-7-11)15(18)12-4-2-3-5-14(12)21(17,19)20/h2-10H,1H3/b13-10-.